The van der Waals surface area contributed by atoms with Crippen molar-refractivity contribution in [1.82, 2.24) is 10.6 Å². The van der Waals surface area contributed by atoms with Gasteiger partial charge >= 0.3 is 0 Å². The SMILES string of the molecule is CCC(NC(=O)c1ccc(Br)cc1)C1CCCN1. The molecule has 0 bridgehead atoms. The summed E-state index contributed by atoms with van der Waals surface area (Å²) in [4.78, 5) is 12.1. The molecule has 0 spiro atoms. The summed E-state index contributed by atoms with van der Waals surface area (Å²) in [6.45, 7) is 3.18. The van der Waals surface area contributed by atoms with Crippen LogP contribution in [-0.4, -0.2) is 24.5 Å². The monoisotopic (exact) mass is 310 g/mol. The van der Waals surface area contributed by atoms with Crippen LogP contribution in [0.15, 0.2) is 28.7 Å². The van der Waals surface area contributed by atoms with E-state index in [1.807, 2.05) is 24.3 Å². The number of nitrogens with one attached hydrogen (secondary N) is 2. The van der Waals surface area contributed by atoms with Gasteiger partial charge in [0.25, 0.3) is 5.91 Å². The van der Waals surface area contributed by atoms with Gasteiger partial charge in [0, 0.05) is 22.1 Å². The van der Waals surface area contributed by atoms with Gasteiger partial charge in [-0.3, -0.25) is 4.79 Å². The van der Waals surface area contributed by atoms with Crippen LogP contribution >= 0.6 is 15.9 Å². The highest BCUT2D eigenvalue weighted by Crippen LogP contribution is 2.14. The van der Waals surface area contributed by atoms with E-state index in [1.54, 1.807) is 0 Å². The molecule has 1 aromatic carbocycles. The molecule has 18 heavy (non-hydrogen) atoms. The fourth-order valence-corrected chi connectivity index (χ4v) is 2.66. The standard InChI is InChI=1S/C14H19BrN2O/c1-2-12(13-4-3-9-16-13)17-14(18)10-5-7-11(15)8-6-10/h5-8,12-13,16H,2-4,9H2,1H3,(H,17,18). The summed E-state index contributed by atoms with van der Waals surface area (Å²) < 4.78 is 0.989. The van der Waals surface area contributed by atoms with Crippen LogP contribution in [0.1, 0.15) is 36.5 Å². The van der Waals surface area contributed by atoms with Crippen molar-refractivity contribution in [2.45, 2.75) is 38.3 Å². The molecule has 4 heteroatoms. The van der Waals surface area contributed by atoms with E-state index in [4.69, 9.17) is 0 Å². The number of amides is 1. The van der Waals surface area contributed by atoms with E-state index in [0.29, 0.717) is 6.04 Å². The molecule has 1 aliphatic heterocycles. The smallest absolute Gasteiger partial charge is 0.251 e. The average Bonchev–Trinajstić information content (AvgIpc) is 2.90. The Kier molecular flexibility index (Phi) is 4.78. The Morgan fingerprint density at radius 2 is 2.22 bits per heavy atom. The van der Waals surface area contributed by atoms with Gasteiger partial charge in [0.15, 0.2) is 0 Å². The summed E-state index contributed by atoms with van der Waals surface area (Å²) in [7, 11) is 0. The van der Waals surface area contributed by atoms with Crippen LogP contribution in [0.2, 0.25) is 0 Å². The van der Waals surface area contributed by atoms with Gasteiger partial charge in [0.1, 0.15) is 0 Å². The van der Waals surface area contributed by atoms with Crippen LogP contribution in [0.5, 0.6) is 0 Å². The Balaban J connectivity index is 1.98. The molecule has 0 aliphatic carbocycles. The van der Waals surface area contributed by atoms with E-state index >= 15 is 0 Å². The van der Waals surface area contributed by atoms with E-state index in [1.165, 1.54) is 6.42 Å². The Morgan fingerprint density at radius 3 is 2.78 bits per heavy atom. The molecule has 3 nitrogen and oxygen atoms in total. The summed E-state index contributed by atoms with van der Waals surface area (Å²) >= 11 is 3.37. The van der Waals surface area contributed by atoms with E-state index < -0.39 is 0 Å². The molecule has 1 fully saturated rings. The highest BCUT2D eigenvalue weighted by atomic mass is 79.9. The number of rotatable bonds is 4. The highest BCUT2D eigenvalue weighted by Gasteiger charge is 2.24. The minimum atomic E-state index is 0.0167. The minimum Gasteiger partial charge on any atom is -0.348 e. The number of hydrogen-bond donors (Lipinski definition) is 2. The third-order valence-electron chi connectivity index (χ3n) is 3.45. The molecular formula is C14H19BrN2O. The first-order valence-corrected chi connectivity index (χ1v) is 7.30. The van der Waals surface area contributed by atoms with E-state index in [-0.39, 0.29) is 11.9 Å². The number of carbonyl (C=O) groups is 1. The van der Waals surface area contributed by atoms with Gasteiger partial charge in [0.05, 0.1) is 0 Å². The zero-order chi connectivity index (χ0) is 13.0. The second-order valence-corrected chi connectivity index (χ2v) is 5.61. The summed E-state index contributed by atoms with van der Waals surface area (Å²) in [5, 5.41) is 6.58. The van der Waals surface area contributed by atoms with Crippen molar-refractivity contribution in [2.24, 2.45) is 0 Å². The summed E-state index contributed by atoms with van der Waals surface area (Å²) in [5.74, 6) is 0.0167. The zero-order valence-corrected chi connectivity index (χ0v) is 12.2. The van der Waals surface area contributed by atoms with Crippen LogP contribution < -0.4 is 10.6 Å². The molecule has 2 atom stereocenters. The number of halogens is 1. The first kappa shape index (κ1) is 13.6. The van der Waals surface area contributed by atoms with Crippen LogP contribution in [0.4, 0.5) is 0 Å². The topological polar surface area (TPSA) is 41.1 Å². The van der Waals surface area contributed by atoms with Crippen molar-refractivity contribution in [3.8, 4) is 0 Å². The molecule has 1 aromatic rings. The molecule has 0 aromatic heterocycles. The maximum Gasteiger partial charge on any atom is 0.251 e. The molecule has 1 saturated heterocycles. The van der Waals surface area contributed by atoms with Gasteiger partial charge in [-0.25, -0.2) is 0 Å². The summed E-state index contributed by atoms with van der Waals surface area (Å²) in [5.41, 5.74) is 0.717. The lowest BCUT2D eigenvalue weighted by molar-refractivity contribution is 0.0927. The average molecular weight is 311 g/mol. The maximum absolute atomic E-state index is 12.1. The molecular weight excluding hydrogens is 292 g/mol. The third-order valence-corrected chi connectivity index (χ3v) is 3.98. The lowest BCUT2D eigenvalue weighted by Crippen LogP contribution is -2.47. The number of benzene rings is 1. The van der Waals surface area contributed by atoms with Crippen molar-refractivity contribution >= 4 is 21.8 Å². The first-order chi connectivity index (χ1) is 8.70. The molecule has 1 amide bonds. The van der Waals surface area contributed by atoms with Gasteiger partial charge in [-0.15, -0.1) is 0 Å². The van der Waals surface area contributed by atoms with E-state index in [9.17, 15) is 4.79 Å². The molecule has 0 radical (unpaired) electrons. The summed E-state index contributed by atoms with van der Waals surface area (Å²) in [6.07, 6.45) is 3.31. The highest BCUT2D eigenvalue weighted by molar-refractivity contribution is 9.10. The zero-order valence-electron chi connectivity index (χ0n) is 10.6. The van der Waals surface area contributed by atoms with Gasteiger partial charge in [0.2, 0.25) is 0 Å². The number of hydrogen-bond acceptors (Lipinski definition) is 2. The first-order valence-electron chi connectivity index (χ1n) is 6.50. The van der Waals surface area contributed by atoms with Crippen molar-refractivity contribution in [2.75, 3.05) is 6.54 Å². The van der Waals surface area contributed by atoms with Crippen molar-refractivity contribution in [1.29, 1.82) is 0 Å². The lowest BCUT2D eigenvalue weighted by atomic mass is 10.0. The van der Waals surface area contributed by atoms with Crippen molar-refractivity contribution in [3.05, 3.63) is 34.3 Å². The van der Waals surface area contributed by atoms with Gasteiger partial charge in [-0.2, -0.15) is 0 Å². The van der Waals surface area contributed by atoms with E-state index in [0.717, 1.165) is 29.4 Å². The quantitative estimate of drug-likeness (QED) is 0.898. The largest absolute Gasteiger partial charge is 0.348 e. The normalized spacial score (nSPS) is 20.7. The van der Waals surface area contributed by atoms with Crippen molar-refractivity contribution < 1.29 is 4.79 Å². The Labute approximate surface area is 116 Å². The van der Waals surface area contributed by atoms with Crippen molar-refractivity contribution in [3.63, 3.8) is 0 Å². The lowest BCUT2D eigenvalue weighted by Gasteiger charge is -2.23. The van der Waals surface area contributed by atoms with Gasteiger partial charge in [-0.1, -0.05) is 22.9 Å². The summed E-state index contributed by atoms with van der Waals surface area (Å²) in [6, 6.07) is 8.12. The predicted octanol–water partition coefficient (Wildman–Crippen LogP) is 2.71. The molecule has 2 unspecified atom stereocenters. The molecule has 98 valence electrons. The Bertz CT molecular complexity index is 399. The maximum atomic E-state index is 12.1. The van der Waals surface area contributed by atoms with Gasteiger partial charge in [-0.05, 0) is 50.1 Å². The molecule has 1 aliphatic rings. The minimum absolute atomic E-state index is 0.0167. The third kappa shape index (κ3) is 3.33. The second-order valence-electron chi connectivity index (χ2n) is 4.70. The van der Waals surface area contributed by atoms with Crippen LogP contribution in [-0.2, 0) is 0 Å². The van der Waals surface area contributed by atoms with Crippen LogP contribution in [0.25, 0.3) is 0 Å². The van der Waals surface area contributed by atoms with E-state index in [2.05, 4.69) is 33.5 Å². The molecule has 1 heterocycles. The fraction of sp³-hybridized carbons (Fsp3) is 0.500. The second kappa shape index (κ2) is 6.34. The number of carbonyl (C=O) groups excluding carboxylic acids is 1. The van der Waals surface area contributed by atoms with Crippen LogP contribution in [0, 0.1) is 0 Å². The Hall–Kier alpha value is -0.870. The van der Waals surface area contributed by atoms with Crippen LogP contribution in [0.3, 0.4) is 0 Å². The fourth-order valence-electron chi connectivity index (χ4n) is 2.40. The molecule has 2 N–H and O–H groups in total. The van der Waals surface area contributed by atoms with Gasteiger partial charge < -0.3 is 10.6 Å². The molecule has 0 saturated carbocycles. The predicted molar refractivity (Wildman–Crippen MR) is 76.7 cm³/mol. The molecule has 2 rings (SSSR count). The Morgan fingerprint density at radius 1 is 1.50 bits per heavy atom.